The molecule has 1 aromatic rings. The number of hydrogen-bond acceptors (Lipinski definition) is 2. The van der Waals surface area contributed by atoms with Crippen LogP contribution < -0.4 is 0 Å². The number of thiol groups is 1. The maximum atomic E-state index is 12.2. The van der Waals surface area contributed by atoms with Gasteiger partial charge in [-0.1, -0.05) is 0 Å². The van der Waals surface area contributed by atoms with E-state index in [2.05, 4.69) is 17.6 Å². The molecular weight excluding hydrogens is 194 g/mol. The van der Waals surface area contributed by atoms with Crippen LogP contribution in [-0.2, 0) is 6.18 Å². The van der Waals surface area contributed by atoms with Crippen LogP contribution in [0.25, 0.3) is 0 Å². The lowest BCUT2D eigenvalue weighted by atomic mass is 10.2. The molecule has 12 heavy (non-hydrogen) atoms. The number of hydrogen-bond donors (Lipinski definition) is 1. The average molecular weight is 197 g/mol. The zero-order valence-corrected chi connectivity index (χ0v) is 6.46. The highest BCUT2D eigenvalue weighted by Crippen LogP contribution is 2.33. The van der Waals surface area contributed by atoms with Gasteiger partial charge in [0.15, 0.2) is 0 Å². The zero-order valence-electron chi connectivity index (χ0n) is 5.56. The van der Waals surface area contributed by atoms with Gasteiger partial charge >= 0.3 is 6.18 Å². The molecule has 0 amide bonds. The van der Waals surface area contributed by atoms with E-state index in [9.17, 15) is 17.6 Å². The third-order valence-corrected chi connectivity index (χ3v) is 1.51. The topological polar surface area (TPSA) is 12.9 Å². The first-order chi connectivity index (χ1) is 5.41. The largest absolute Gasteiger partial charge is 0.417 e. The summed E-state index contributed by atoms with van der Waals surface area (Å²) in [4.78, 5) is 2.62. The van der Waals surface area contributed by atoms with E-state index in [0.717, 1.165) is 6.20 Å². The number of nitrogens with zero attached hydrogens (tertiary/aromatic N) is 1. The molecule has 1 aromatic heterocycles. The van der Waals surface area contributed by atoms with Gasteiger partial charge in [-0.3, -0.25) is 0 Å². The van der Waals surface area contributed by atoms with E-state index >= 15 is 0 Å². The summed E-state index contributed by atoms with van der Waals surface area (Å²) in [6.45, 7) is 0. The maximum Gasteiger partial charge on any atom is 0.417 e. The highest BCUT2D eigenvalue weighted by molar-refractivity contribution is 7.80. The molecule has 0 saturated carbocycles. The second kappa shape index (κ2) is 2.93. The molecule has 0 saturated heterocycles. The second-order valence-corrected chi connectivity index (χ2v) is 2.50. The number of halogens is 4. The maximum absolute atomic E-state index is 12.2. The molecule has 0 N–H and O–H groups in total. The van der Waals surface area contributed by atoms with E-state index < -0.39 is 17.7 Å². The summed E-state index contributed by atoms with van der Waals surface area (Å²) in [7, 11) is 0. The van der Waals surface area contributed by atoms with Crippen molar-refractivity contribution >= 4 is 12.6 Å². The Morgan fingerprint density at radius 1 is 1.33 bits per heavy atom. The van der Waals surface area contributed by atoms with Crippen molar-refractivity contribution in [2.24, 2.45) is 0 Å². The zero-order chi connectivity index (χ0) is 9.35. The van der Waals surface area contributed by atoms with Crippen LogP contribution in [0, 0.1) is 5.95 Å². The van der Waals surface area contributed by atoms with E-state index in [1.165, 1.54) is 0 Å². The highest BCUT2D eigenvalue weighted by atomic mass is 32.1. The number of aromatic nitrogens is 1. The van der Waals surface area contributed by atoms with E-state index in [1.54, 1.807) is 0 Å². The molecule has 0 fully saturated rings. The molecule has 0 spiro atoms. The van der Waals surface area contributed by atoms with Crippen molar-refractivity contribution in [3.8, 4) is 0 Å². The van der Waals surface area contributed by atoms with Crippen molar-refractivity contribution in [1.29, 1.82) is 0 Å². The van der Waals surface area contributed by atoms with Gasteiger partial charge in [-0.25, -0.2) is 4.98 Å². The van der Waals surface area contributed by atoms with Crippen molar-refractivity contribution in [2.45, 2.75) is 11.1 Å². The first kappa shape index (κ1) is 9.31. The minimum Gasteiger partial charge on any atom is -0.227 e. The quantitative estimate of drug-likeness (QED) is 0.383. The molecular formula is C6H3F4NS. The van der Waals surface area contributed by atoms with Gasteiger partial charge in [-0.15, -0.1) is 12.6 Å². The molecule has 0 unspecified atom stereocenters. The van der Waals surface area contributed by atoms with Gasteiger partial charge in [0, 0.05) is 17.2 Å². The third kappa shape index (κ3) is 1.88. The van der Waals surface area contributed by atoms with Crippen LogP contribution in [-0.4, -0.2) is 4.98 Å². The monoisotopic (exact) mass is 197 g/mol. The van der Waals surface area contributed by atoms with Crippen LogP contribution in [0.4, 0.5) is 17.6 Å². The molecule has 6 heteroatoms. The minimum absolute atomic E-state index is 0.308. The Bertz CT molecular complexity index is 296. The van der Waals surface area contributed by atoms with E-state index in [1.807, 2.05) is 0 Å². The number of pyridine rings is 1. The summed E-state index contributed by atoms with van der Waals surface area (Å²) in [6, 6.07) is 0.308. The van der Waals surface area contributed by atoms with Crippen LogP contribution in [0.15, 0.2) is 17.2 Å². The fourth-order valence-corrected chi connectivity index (χ4v) is 0.899. The van der Waals surface area contributed by atoms with Crippen molar-refractivity contribution in [3.63, 3.8) is 0 Å². The van der Waals surface area contributed by atoms with Gasteiger partial charge in [0.2, 0.25) is 5.95 Å². The Morgan fingerprint density at radius 2 is 1.92 bits per heavy atom. The lowest BCUT2D eigenvalue weighted by Gasteiger charge is -2.07. The van der Waals surface area contributed by atoms with Gasteiger partial charge in [0.25, 0.3) is 0 Å². The molecule has 0 aliphatic carbocycles. The lowest BCUT2D eigenvalue weighted by molar-refractivity contribution is -0.140. The summed E-state index contributed by atoms with van der Waals surface area (Å²) < 4.78 is 48.2. The van der Waals surface area contributed by atoms with Crippen molar-refractivity contribution in [2.75, 3.05) is 0 Å². The number of alkyl halides is 3. The smallest absolute Gasteiger partial charge is 0.227 e. The van der Waals surface area contributed by atoms with E-state index in [-0.39, 0.29) is 4.90 Å². The van der Waals surface area contributed by atoms with Crippen LogP contribution in [0.1, 0.15) is 5.56 Å². The predicted octanol–water partition coefficient (Wildman–Crippen LogP) is 2.53. The summed E-state index contributed by atoms with van der Waals surface area (Å²) in [6.07, 6.45) is -3.86. The molecule has 0 radical (unpaired) electrons. The summed E-state index contributed by atoms with van der Waals surface area (Å²) >= 11 is 3.49. The van der Waals surface area contributed by atoms with E-state index in [0.29, 0.717) is 6.07 Å². The minimum atomic E-state index is -4.58. The van der Waals surface area contributed by atoms with Crippen molar-refractivity contribution in [3.05, 3.63) is 23.8 Å². The average Bonchev–Trinajstić information content (AvgIpc) is 1.92. The SMILES string of the molecule is Fc1cc(C(F)(F)F)c(S)cn1. The van der Waals surface area contributed by atoms with Crippen LogP contribution >= 0.6 is 12.6 Å². The Hall–Kier alpha value is -0.780. The molecule has 0 aliphatic rings. The first-order valence-electron chi connectivity index (χ1n) is 2.83. The lowest BCUT2D eigenvalue weighted by Crippen LogP contribution is -2.07. The molecule has 0 aromatic carbocycles. The first-order valence-corrected chi connectivity index (χ1v) is 3.27. The normalized spacial score (nSPS) is 11.8. The summed E-state index contributed by atoms with van der Waals surface area (Å²) in [5.41, 5.74) is -1.11. The Balaban J connectivity index is 3.23. The van der Waals surface area contributed by atoms with Gasteiger partial charge in [0.1, 0.15) is 0 Å². The molecule has 66 valence electrons. The number of rotatable bonds is 0. The van der Waals surface area contributed by atoms with Gasteiger partial charge in [-0.05, 0) is 0 Å². The predicted molar refractivity (Wildman–Crippen MR) is 36.4 cm³/mol. The summed E-state index contributed by atoms with van der Waals surface area (Å²) in [5.74, 6) is -1.17. The Morgan fingerprint density at radius 3 is 2.33 bits per heavy atom. The Labute approximate surface area is 70.8 Å². The van der Waals surface area contributed by atoms with E-state index in [4.69, 9.17) is 0 Å². The molecule has 1 heterocycles. The second-order valence-electron chi connectivity index (χ2n) is 2.02. The molecule has 1 rings (SSSR count). The molecule has 1 nitrogen and oxygen atoms in total. The van der Waals surface area contributed by atoms with Gasteiger partial charge < -0.3 is 0 Å². The standard InChI is InChI=1S/C6H3F4NS/c7-5-1-3(6(8,9)10)4(12)2-11-5/h1-2,12H. The molecule has 0 aliphatic heterocycles. The van der Waals surface area contributed by atoms with Crippen LogP contribution in [0.2, 0.25) is 0 Å². The fraction of sp³-hybridized carbons (Fsp3) is 0.167. The Kier molecular flexibility index (Phi) is 2.27. The van der Waals surface area contributed by atoms with Gasteiger partial charge in [-0.2, -0.15) is 17.6 Å². The van der Waals surface area contributed by atoms with Crippen LogP contribution in [0.5, 0.6) is 0 Å². The molecule has 0 bridgehead atoms. The van der Waals surface area contributed by atoms with Crippen molar-refractivity contribution in [1.82, 2.24) is 4.98 Å². The van der Waals surface area contributed by atoms with Gasteiger partial charge in [0.05, 0.1) is 5.56 Å². The van der Waals surface area contributed by atoms with Crippen LogP contribution in [0.3, 0.4) is 0 Å². The highest BCUT2D eigenvalue weighted by Gasteiger charge is 2.33. The summed E-state index contributed by atoms with van der Waals surface area (Å²) in [5, 5.41) is 0. The fourth-order valence-electron chi connectivity index (χ4n) is 0.650. The van der Waals surface area contributed by atoms with Crippen molar-refractivity contribution < 1.29 is 17.6 Å². The third-order valence-electron chi connectivity index (χ3n) is 1.15. The molecule has 0 atom stereocenters.